The molecule has 110 valence electrons. The molecule has 0 aromatic heterocycles. The van der Waals surface area contributed by atoms with Crippen LogP contribution in [0.15, 0.2) is 18.2 Å². The Kier molecular flexibility index (Phi) is 5.60. The maximum atomic E-state index is 13.7. The molecule has 0 bridgehead atoms. The third-order valence-electron chi connectivity index (χ3n) is 2.62. The molecule has 0 spiro atoms. The zero-order valence-electron chi connectivity index (χ0n) is 10.7. The van der Waals surface area contributed by atoms with E-state index in [2.05, 4.69) is 4.74 Å². The first-order valence-electron chi connectivity index (χ1n) is 5.91. The number of esters is 1. The second-order valence-corrected chi connectivity index (χ2v) is 4.03. The topological polar surface area (TPSA) is 104 Å². The Morgan fingerprint density at radius 3 is 2.55 bits per heavy atom. The van der Waals surface area contributed by atoms with E-state index < -0.39 is 47.5 Å². The molecule has 0 radical (unpaired) electrons. The second-order valence-electron chi connectivity index (χ2n) is 4.03. The van der Waals surface area contributed by atoms with Crippen molar-refractivity contribution < 1.29 is 34.0 Å². The van der Waals surface area contributed by atoms with Crippen LogP contribution < -0.4 is 0 Å². The van der Waals surface area contributed by atoms with Crippen molar-refractivity contribution in [3.8, 4) is 0 Å². The van der Waals surface area contributed by atoms with E-state index >= 15 is 0 Å². The Morgan fingerprint density at radius 2 is 2.00 bits per heavy atom. The van der Waals surface area contributed by atoms with Crippen molar-refractivity contribution in [3.63, 3.8) is 0 Å². The highest BCUT2D eigenvalue weighted by Gasteiger charge is 2.28. The molecule has 2 atom stereocenters. The molecule has 6 nitrogen and oxygen atoms in total. The molecule has 1 aromatic rings. The Morgan fingerprint density at radius 1 is 1.35 bits per heavy atom. The van der Waals surface area contributed by atoms with Crippen molar-refractivity contribution in [2.45, 2.75) is 25.6 Å². The number of hydrogen-bond donors (Lipinski definition) is 3. The molecular weight excluding hydrogens is 271 g/mol. The predicted molar refractivity (Wildman–Crippen MR) is 65.6 cm³/mol. The van der Waals surface area contributed by atoms with Gasteiger partial charge >= 0.3 is 11.9 Å². The summed E-state index contributed by atoms with van der Waals surface area (Å²) in [6.07, 6.45) is -4.07. The fraction of sp³-hybridized carbons (Fsp3) is 0.385. The average molecular weight is 286 g/mol. The van der Waals surface area contributed by atoms with Gasteiger partial charge < -0.3 is 20.1 Å². The van der Waals surface area contributed by atoms with Crippen molar-refractivity contribution in [2.24, 2.45) is 0 Å². The normalized spacial score (nSPS) is 13.6. The standard InChI is InChI=1S/C13H15FO6/c1-2-20-10(16)6-9(15)12(17)11-7(13(18)19)4-3-5-8(11)14/h3-5,9,12,15,17H,2,6H2,1H3,(H,18,19). The van der Waals surface area contributed by atoms with Gasteiger partial charge in [-0.2, -0.15) is 0 Å². The van der Waals surface area contributed by atoms with Gasteiger partial charge in [-0.05, 0) is 19.1 Å². The lowest BCUT2D eigenvalue weighted by atomic mass is 9.96. The highest BCUT2D eigenvalue weighted by Crippen LogP contribution is 2.26. The number of carbonyl (C=O) groups is 2. The lowest BCUT2D eigenvalue weighted by Gasteiger charge is -2.19. The highest BCUT2D eigenvalue weighted by atomic mass is 19.1. The maximum Gasteiger partial charge on any atom is 0.336 e. The van der Waals surface area contributed by atoms with Gasteiger partial charge in [-0.1, -0.05) is 6.07 Å². The molecule has 7 heteroatoms. The molecule has 3 N–H and O–H groups in total. The summed E-state index contributed by atoms with van der Waals surface area (Å²) in [6.45, 7) is 1.67. The van der Waals surface area contributed by atoms with Crippen LogP contribution in [0.4, 0.5) is 4.39 Å². The molecule has 1 aromatic carbocycles. The molecule has 0 aliphatic rings. The Bertz CT molecular complexity index is 502. The van der Waals surface area contributed by atoms with E-state index in [1.54, 1.807) is 6.92 Å². The van der Waals surface area contributed by atoms with Gasteiger partial charge in [-0.3, -0.25) is 4.79 Å². The fourth-order valence-electron chi connectivity index (χ4n) is 1.72. The van der Waals surface area contributed by atoms with Crippen LogP contribution in [0.25, 0.3) is 0 Å². The summed E-state index contributed by atoms with van der Waals surface area (Å²) in [4.78, 5) is 22.2. The minimum absolute atomic E-state index is 0.0989. The number of aromatic carboxylic acids is 1. The number of carboxylic acid groups (broad SMARTS) is 1. The van der Waals surface area contributed by atoms with Crippen molar-refractivity contribution in [1.29, 1.82) is 0 Å². The van der Waals surface area contributed by atoms with Crippen molar-refractivity contribution in [3.05, 3.63) is 35.1 Å². The number of aliphatic hydroxyl groups excluding tert-OH is 2. The lowest BCUT2D eigenvalue weighted by Crippen LogP contribution is -2.25. The monoisotopic (exact) mass is 286 g/mol. The quantitative estimate of drug-likeness (QED) is 0.670. The summed E-state index contributed by atoms with van der Waals surface area (Å²) in [5.74, 6) is -3.19. The van der Waals surface area contributed by atoms with Gasteiger partial charge in [0.05, 0.1) is 24.7 Å². The van der Waals surface area contributed by atoms with Crippen LogP contribution in [0.2, 0.25) is 0 Å². The fourth-order valence-corrected chi connectivity index (χ4v) is 1.72. The molecule has 20 heavy (non-hydrogen) atoms. The molecule has 2 unspecified atom stereocenters. The van der Waals surface area contributed by atoms with Gasteiger partial charge in [-0.25, -0.2) is 9.18 Å². The summed E-state index contributed by atoms with van der Waals surface area (Å²) in [5.41, 5.74) is -1.03. The smallest absolute Gasteiger partial charge is 0.336 e. The SMILES string of the molecule is CCOC(=O)CC(O)C(O)c1c(F)cccc1C(=O)O. The average Bonchev–Trinajstić information content (AvgIpc) is 2.37. The zero-order valence-corrected chi connectivity index (χ0v) is 10.7. The van der Waals surface area contributed by atoms with Crippen molar-refractivity contribution >= 4 is 11.9 Å². The molecular formula is C13H15FO6. The summed E-state index contributed by atoms with van der Waals surface area (Å²) >= 11 is 0. The van der Waals surface area contributed by atoms with Crippen LogP contribution in [-0.2, 0) is 9.53 Å². The van der Waals surface area contributed by atoms with Gasteiger partial charge in [-0.15, -0.1) is 0 Å². The van der Waals surface area contributed by atoms with Crippen LogP contribution in [0.3, 0.4) is 0 Å². The predicted octanol–water partition coefficient (Wildman–Crippen LogP) is 0.871. The Hall–Kier alpha value is -1.99. The second kappa shape index (κ2) is 6.97. The number of benzene rings is 1. The summed E-state index contributed by atoms with van der Waals surface area (Å²) in [7, 11) is 0. The van der Waals surface area contributed by atoms with Crippen LogP contribution in [0.1, 0.15) is 35.4 Å². The number of carbonyl (C=O) groups excluding carboxylic acids is 1. The third-order valence-corrected chi connectivity index (χ3v) is 2.62. The molecule has 0 aliphatic heterocycles. The summed E-state index contributed by atoms with van der Waals surface area (Å²) < 4.78 is 18.2. The van der Waals surface area contributed by atoms with Gasteiger partial charge in [0.2, 0.25) is 0 Å². The molecule has 1 rings (SSSR count). The summed E-state index contributed by atoms with van der Waals surface area (Å²) in [6, 6.07) is 3.23. The number of hydrogen-bond acceptors (Lipinski definition) is 5. The molecule has 0 amide bonds. The first kappa shape index (κ1) is 16.1. The summed E-state index contributed by atoms with van der Waals surface area (Å²) in [5, 5.41) is 28.5. The van der Waals surface area contributed by atoms with Crippen molar-refractivity contribution in [1.82, 2.24) is 0 Å². The van der Waals surface area contributed by atoms with Crippen LogP contribution >= 0.6 is 0 Å². The number of rotatable bonds is 6. The van der Waals surface area contributed by atoms with Gasteiger partial charge in [0.25, 0.3) is 0 Å². The number of ether oxygens (including phenoxy) is 1. The van der Waals surface area contributed by atoms with Gasteiger partial charge in [0.15, 0.2) is 0 Å². The first-order chi connectivity index (χ1) is 9.38. The zero-order chi connectivity index (χ0) is 15.3. The van der Waals surface area contributed by atoms with Gasteiger partial charge in [0, 0.05) is 5.56 Å². The molecule has 0 saturated carbocycles. The van der Waals surface area contributed by atoms with E-state index in [0.29, 0.717) is 0 Å². The Labute approximate surface area is 114 Å². The number of carboxylic acids is 1. The van der Waals surface area contributed by atoms with Crippen LogP contribution in [0, 0.1) is 5.82 Å². The van der Waals surface area contributed by atoms with E-state index in [9.17, 15) is 24.2 Å². The van der Waals surface area contributed by atoms with E-state index in [0.717, 1.165) is 12.1 Å². The molecule has 0 fully saturated rings. The maximum absolute atomic E-state index is 13.7. The van der Waals surface area contributed by atoms with Crippen LogP contribution in [-0.4, -0.2) is 40.0 Å². The number of aliphatic hydroxyl groups is 2. The first-order valence-corrected chi connectivity index (χ1v) is 5.91. The van der Waals surface area contributed by atoms with E-state index in [-0.39, 0.29) is 6.61 Å². The molecule has 0 heterocycles. The molecule has 0 aliphatic carbocycles. The lowest BCUT2D eigenvalue weighted by molar-refractivity contribution is -0.147. The molecule has 0 saturated heterocycles. The van der Waals surface area contributed by atoms with E-state index in [4.69, 9.17) is 5.11 Å². The largest absolute Gasteiger partial charge is 0.478 e. The van der Waals surface area contributed by atoms with E-state index in [1.807, 2.05) is 0 Å². The Balaban J connectivity index is 2.99. The van der Waals surface area contributed by atoms with Crippen molar-refractivity contribution in [2.75, 3.05) is 6.61 Å². The van der Waals surface area contributed by atoms with Crippen LogP contribution in [0.5, 0.6) is 0 Å². The third kappa shape index (κ3) is 3.75. The number of halogens is 1. The minimum atomic E-state index is -1.84. The van der Waals surface area contributed by atoms with E-state index in [1.165, 1.54) is 6.07 Å². The van der Waals surface area contributed by atoms with Gasteiger partial charge in [0.1, 0.15) is 11.9 Å². The highest BCUT2D eigenvalue weighted by molar-refractivity contribution is 5.89. The minimum Gasteiger partial charge on any atom is -0.478 e.